The number of thiophene rings is 1. The second-order valence-electron chi connectivity index (χ2n) is 4.62. The number of anilines is 1. The van der Waals surface area contributed by atoms with Crippen molar-refractivity contribution in [1.29, 1.82) is 0 Å². The van der Waals surface area contributed by atoms with Crippen molar-refractivity contribution in [3.8, 4) is 0 Å². The minimum Gasteiger partial charge on any atom is -0.348 e. The van der Waals surface area contributed by atoms with Gasteiger partial charge in [0.05, 0.1) is 11.9 Å². The van der Waals surface area contributed by atoms with E-state index in [9.17, 15) is 0 Å². The first-order valence-corrected chi connectivity index (χ1v) is 6.92. The Morgan fingerprint density at radius 3 is 2.83 bits per heavy atom. The van der Waals surface area contributed by atoms with Gasteiger partial charge < -0.3 is 14.8 Å². The summed E-state index contributed by atoms with van der Waals surface area (Å²) in [4.78, 5) is 7.79. The van der Waals surface area contributed by atoms with Gasteiger partial charge in [0, 0.05) is 38.6 Å². The highest BCUT2D eigenvalue weighted by Crippen LogP contribution is 2.19. The van der Waals surface area contributed by atoms with E-state index in [1.807, 2.05) is 25.2 Å². The van der Waals surface area contributed by atoms with Crippen molar-refractivity contribution in [2.75, 3.05) is 19.0 Å². The Labute approximate surface area is 112 Å². The van der Waals surface area contributed by atoms with Crippen molar-refractivity contribution < 1.29 is 0 Å². The van der Waals surface area contributed by atoms with Crippen LogP contribution in [0, 0.1) is 0 Å². The van der Waals surface area contributed by atoms with Gasteiger partial charge >= 0.3 is 0 Å². The number of nitrogens with one attached hydrogen (secondary N) is 1. The fraction of sp³-hybridized carbons (Fsp3) is 0.462. The second kappa shape index (κ2) is 5.54. The monoisotopic (exact) mass is 264 g/mol. The summed E-state index contributed by atoms with van der Waals surface area (Å²) >= 11 is 1.79. The van der Waals surface area contributed by atoms with Crippen molar-refractivity contribution in [1.82, 2.24) is 14.9 Å². The minimum atomic E-state index is 0.378. The summed E-state index contributed by atoms with van der Waals surface area (Å²) < 4.78 is 2.12. The van der Waals surface area contributed by atoms with Crippen LogP contribution in [0.1, 0.15) is 23.5 Å². The van der Waals surface area contributed by atoms with Crippen LogP contribution in [0.25, 0.3) is 0 Å². The van der Waals surface area contributed by atoms with Crippen molar-refractivity contribution in [3.63, 3.8) is 0 Å². The van der Waals surface area contributed by atoms with Gasteiger partial charge in [-0.2, -0.15) is 0 Å². The molecule has 1 N–H and O–H groups in total. The average Bonchev–Trinajstić information content (AvgIpc) is 2.95. The highest BCUT2D eigenvalue weighted by Gasteiger charge is 2.10. The van der Waals surface area contributed by atoms with E-state index in [0.29, 0.717) is 6.04 Å². The average molecular weight is 264 g/mol. The standard InChI is InChI=1S/C13H20N4S/c1-10(12-6-5-7-18-12)14-8-11-9-15-13(16(2)3)17(11)4/h5-7,9-10,14H,8H2,1-4H3/t10-/m1/s1. The summed E-state index contributed by atoms with van der Waals surface area (Å²) in [7, 11) is 6.07. The zero-order valence-electron chi connectivity index (χ0n) is 11.3. The first kappa shape index (κ1) is 13.1. The second-order valence-corrected chi connectivity index (χ2v) is 5.60. The van der Waals surface area contributed by atoms with Crippen LogP contribution in [0.2, 0.25) is 0 Å². The molecular weight excluding hydrogens is 244 g/mol. The molecule has 0 spiro atoms. The van der Waals surface area contributed by atoms with Crippen LogP contribution < -0.4 is 10.2 Å². The molecular formula is C13H20N4S. The van der Waals surface area contributed by atoms with Gasteiger partial charge in [0.1, 0.15) is 0 Å². The summed E-state index contributed by atoms with van der Waals surface area (Å²) in [6.07, 6.45) is 1.93. The van der Waals surface area contributed by atoms with Gasteiger partial charge in [-0.05, 0) is 18.4 Å². The Balaban J connectivity index is 1.98. The lowest BCUT2D eigenvalue weighted by Crippen LogP contribution is -2.20. The summed E-state index contributed by atoms with van der Waals surface area (Å²) in [5.74, 6) is 0.982. The molecule has 4 nitrogen and oxygen atoms in total. The highest BCUT2D eigenvalue weighted by molar-refractivity contribution is 7.10. The number of rotatable bonds is 5. The molecule has 0 aliphatic carbocycles. The lowest BCUT2D eigenvalue weighted by atomic mass is 10.2. The van der Waals surface area contributed by atoms with E-state index in [4.69, 9.17) is 0 Å². The molecule has 0 saturated heterocycles. The van der Waals surface area contributed by atoms with Crippen LogP contribution in [0.3, 0.4) is 0 Å². The molecule has 2 rings (SSSR count). The van der Waals surface area contributed by atoms with Gasteiger partial charge in [-0.15, -0.1) is 11.3 Å². The lowest BCUT2D eigenvalue weighted by molar-refractivity contribution is 0.565. The fourth-order valence-corrected chi connectivity index (χ4v) is 2.67. The zero-order valence-corrected chi connectivity index (χ0v) is 12.2. The maximum atomic E-state index is 4.41. The number of nitrogens with zero attached hydrogens (tertiary/aromatic N) is 3. The molecule has 0 aliphatic rings. The summed E-state index contributed by atoms with van der Waals surface area (Å²) in [5.41, 5.74) is 1.20. The van der Waals surface area contributed by atoms with Gasteiger partial charge in [-0.25, -0.2) is 4.98 Å². The van der Waals surface area contributed by atoms with Crippen LogP contribution in [0.4, 0.5) is 5.95 Å². The molecule has 0 aromatic carbocycles. The molecule has 5 heteroatoms. The number of aromatic nitrogens is 2. The summed E-state index contributed by atoms with van der Waals surface area (Å²) in [6.45, 7) is 3.02. The van der Waals surface area contributed by atoms with E-state index < -0.39 is 0 Å². The van der Waals surface area contributed by atoms with Gasteiger partial charge in [0.25, 0.3) is 0 Å². The highest BCUT2D eigenvalue weighted by atomic mass is 32.1. The molecule has 0 radical (unpaired) electrons. The molecule has 0 fully saturated rings. The number of imidazole rings is 1. The Kier molecular flexibility index (Phi) is 4.04. The molecule has 2 aromatic heterocycles. The molecule has 18 heavy (non-hydrogen) atoms. The van der Waals surface area contributed by atoms with Gasteiger partial charge in [-0.3, -0.25) is 0 Å². The number of hydrogen-bond donors (Lipinski definition) is 1. The molecule has 2 aromatic rings. The summed E-state index contributed by atoms with van der Waals surface area (Å²) in [5, 5.41) is 5.64. The van der Waals surface area contributed by atoms with Crippen LogP contribution in [0.15, 0.2) is 23.7 Å². The van der Waals surface area contributed by atoms with E-state index in [1.54, 1.807) is 11.3 Å². The van der Waals surface area contributed by atoms with Crippen molar-refractivity contribution >= 4 is 17.3 Å². The molecule has 0 saturated carbocycles. The normalized spacial score (nSPS) is 12.7. The molecule has 2 heterocycles. The smallest absolute Gasteiger partial charge is 0.204 e. The van der Waals surface area contributed by atoms with Gasteiger partial charge in [0.2, 0.25) is 5.95 Å². The van der Waals surface area contributed by atoms with Crippen molar-refractivity contribution in [2.45, 2.75) is 19.5 Å². The Morgan fingerprint density at radius 2 is 2.28 bits per heavy atom. The predicted octanol–water partition coefficient (Wildman–Crippen LogP) is 2.40. The molecule has 0 aliphatic heterocycles. The van der Waals surface area contributed by atoms with Crippen LogP contribution in [0.5, 0.6) is 0 Å². The maximum Gasteiger partial charge on any atom is 0.204 e. The molecule has 0 unspecified atom stereocenters. The third-order valence-electron chi connectivity index (χ3n) is 3.02. The number of hydrogen-bond acceptors (Lipinski definition) is 4. The lowest BCUT2D eigenvalue weighted by Gasteiger charge is -2.15. The van der Waals surface area contributed by atoms with Gasteiger partial charge in [-0.1, -0.05) is 6.07 Å². The quantitative estimate of drug-likeness (QED) is 0.900. The summed E-state index contributed by atoms with van der Waals surface area (Å²) in [6, 6.07) is 4.63. The van der Waals surface area contributed by atoms with E-state index in [-0.39, 0.29) is 0 Å². The van der Waals surface area contributed by atoms with E-state index >= 15 is 0 Å². The van der Waals surface area contributed by atoms with Gasteiger partial charge in [0.15, 0.2) is 0 Å². The molecule has 0 amide bonds. The van der Waals surface area contributed by atoms with Crippen LogP contribution in [-0.2, 0) is 13.6 Å². The molecule has 1 atom stereocenters. The third-order valence-corrected chi connectivity index (χ3v) is 4.07. The predicted molar refractivity (Wildman–Crippen MR) is 77.1 cm³/mol. The van der Waals surface area contributed by atoms with E-state index in [1.165, 1.54) is 10.6 Å². The van der Waals surface area contributed by atoms with Crippen LogP contribution >= 0.6 is 11.3 Å². The fourth-order valence-electron chi connectivity index (χ4n) is 1.91. The maximum absolute atomic E-state index is 4.41. The minimum absolute atomic E-state index is 0.378. The Morgan fingerprint density at radius 1 is 1.50 bits per heavy atom. The molecule has 98 valence electrons. The topological polar surface area (TPSA) is 33.1 Å². The Hall–Kier alpha value is -1.33. The largest absolute Gasteiger partial charge is 0.348 e. The molecule has 0 bridgehead atoms. The van der Waals surface area contributed by atoms with E-state index in [0.717, 1.165) is 12.5 Å². The van der Waals surface area contributed by atoms with Crippen molar-refractivity contribution in [3.05, 3.63) is 34.3 Å². The SMILES string of the molecule is C[C@@H](NCc1cnc(N(C)C)n1C)c1cccs1. The first-order valence-electron chi connectivity index (χ1n) is 6.04. The van der Waals surface area contributed by atoms with E-state index in [2.05, 4.69) is 46.4 Å². The van der Waals surface area contributed by atoms with Crippen molar-refractivity contribution in [2.24, 2.45) is 7.05 Å². The zero-order chi connectivity index (χ0) is 13.1. The Bertz CT molecular complexity index is 487. The first-order chi connectivity index (χ1) is 8.59. The third kappa shape index (κ3) is 2.73. The van der Waals surface area contributed by atoms with Crippen LogP contribution in [-0.4, -0.2) is 23.6 Å².